The summed E-state index contributed by atoms with van der Waals surface area (Å²) in [6, 6.07) is 25.4. The molecule has 3 aromatic carbocycles. The molecule has 0 aromatic heterocycles. The van der Waals surface area contributed by atoms with Gasteiger partial charge in [-0.25, -0.2) is 0 Å². The number of hydroxylamine groups is 2. The van der Waals surface area contributed by atoms with Gasteiger partial charge in [-0.05, 0) is 17.2 Å². The number of fused-ring (bicyclic) bond motifs is 4. The lowest BCUT2D eigenvalue weighted by atomic mass is 9.62. The average molecular weight is 700 g/mol. The van der Waals surface area contributed by atoms with Gasteiger partial charge in [0.25, 0.3) is 0 Å². The minimum atomic E-state index is -1.44. The van der Waals surface area contributed by atoms with Gasteiger partial charge in [0.1, 0.15) is 36.4 Å². The first-order chi connectivity index (χ1) is 24.9. The van der Waals surface area contributed by atoms with Crippen molar-refractivity contribution in [1.82, 2.24) is 15.7 Å². The second-order valence-corrected chi connectivity index (χ2v) is 13.0. The molecular formula is C38H41N3O10. The summed E-state index contributed by atoms with van der Waals surface area (Å²) in [7, 11) is 0. The van der Waals surface area contributed by atoms with Gasteiger partial charge >= 0.3 is 5.97 Å². The average Bonchev–Trinajstić information content (AvgIpc) is 3.73. The van der Waals surface area contributed by atoms with E-state index in [0.29, 0.717) is 0 Å². The fourth-order valence-electron chi connectivity index (χ4n) is 7.65. The summed E-state index contributed by atoms with van der Waals surface area (Å²) in [5, 5.41) is 25.1. The van der Waals surface area contributed by atoms with Crippen molar-refractivity contribution in [2.45, 2.75) is 55.6 Å². The molecule has 2 bridgehead atoms. The SMILES string of the molecule is O=C(CCNC(=O)C12CC3OC(=O)C1N(Cc1cccc(C=COCCO)c1)OC2C1OC(c2ccccc2)(c2ccccc2)OC31)NCCO. The van der Waals surface area contributed by atoms with Gasteiger partial charge in [-0.3, -0.25) is 19.2 Å². The van der Waals surface area contributed by atoms with Gasteiger partial charge < -0.3 is 39.8 Å². The van der Waals surface area contributed by atoms with Crippen molar-refractivity contribution < 1.29 is 48.4 Å². The number of nitrogens with zero attached hydrogens (tertiary/aromatic N) is 1. The number of rotatable bonds is 14. The van der Waals surface area contributed by atoms with E-state index in [-0.39, 0.29) is 58.2 Å². The Morgan fingerprint density at radius 1 is 0.902 bits per heavy atom. The molecule has 3 heterocycles. The van der Waals surface area contributed by atoms with Crippen LogP contribution in [0, 0.1) is 5.41 Å². The number of amides is 2. The van der Waals surface area contributed by atoms with Crippen molar-refractivity contribution in [3.8, 4) is 0 Å². The molecule has 0 radical (unpaired) electrons. The summed E-state index contributed by atoms with van der Waals surface area (Å²) >= 11 is 0. The molecule has 1 saturated carbocycles. The van der Waals surface area contributed by atoms with Crippen LogP contribution in [0.2, 0.25) is 0 Å². The number of aliphatic hydroxyl groups is 2. The Morgan fingerprint density at radius 2 is 1.63 bits per heavy atom. The van der Waals surface area contributed by atoms with E-state index >= 15 is 0 Å². The van der Waals surface area contributed by atoms with Crippen molar-refractivity contribution in [1.29, 1.82) is 0 Å². The van der Waals surface area contributed by atoms with Crippen LogP contribution in [0.1, 0.15) is 35.1 Å². The fraction of sp³-hybridized carbons (Fsp3) is 0.395. The van der Waals surface area contributed by atoms with E-state index in [9.17, 15) is 14.4 Å². The second kappa shape index (κ2) is 14.9. The molecule has 13 heteroatoms. The number of aliphatic hydroxyl groups excluding tert-OH is 2. The van der Waals surface area contributed by atoms with Crippen molar-refractivity contribution in [2.75, 3.05) is 32.9 Å². The predicted molar refractivity (Wildman–Crippen MR) is 181 cm³/mol. The second-order valence-electron chi connectivity index (χ2n) is 13.0. The predicted octanol–water partition coefficient (Wildman–Crippen LogP) is 1.77. The molecule has 1 aliphatic carbocycles. The molecule has 2 amide bonds. The largest absolute Gasteiger partial charge is 0.499 e. The molecule has 3 saturated heterocycles. The molecule has 4 N–H and O–H groups in total. The lowest BCUT2D eigenvalue weighted by Crippen LogP contribution is -2.69. The molecule has 3 aromatic rings. The van der Waals surface area contributed by atoms with Crippen LogP contribution in [0.5, 0.6) is 0 Å². The summed E-state index contributed by atoms with van der Waals surface area (Å²) in [6.07, 6.45) is -0.0174. The fourth-order valence-corrected chi connectivity index (χ4v) is 7.65. The van der Waals surface area contributed by atoms with Crippen LogP contribution in [-0.2, 0) is 50.5 Å². The maximum Gasteiger partial charge on any atom is 0.327 e. The first-order valence-electron chi connectivity index (χ1n) is 17.1. The van der Waals surface area contributed by atoms with Crippen LogP contribution in [0.25, 0.3) is 6.08 Å². The third-order valence-corrected chi connectivity index (χ3v) is 9.81. The van der Waals surface area contributed by atoms with Crippen molar-refractivity contribution in [3.63, 3.8) is 0 Å². The lowest BCUT2D eigenvalue weighted by molar-refractivity contribution is -0.213. The number of hydrogen-bond donors (Lipinski definition) is 4. The Bertz CT molecular complexity index is 1700. The molecule has 268 valence electrons. The monoisotopic (exact) mass is 699 g/mol. The van der Waals surface area contributed by atoms with Crippen LogP contribution < -0.4 is 10.6 Å². The number of nitrogens with one attached hydrogen (secondary N) is 2. The van der Waals surface area contributed by atoms with Gasteiger partial charge in [0.05, 0.1) is 26.0 Å². The van der Waals surface area contributed by atoms with Crippen LogP contribution in [0.4, 0.5) is 0 Å². The van der Waals surface area contributed by atoms with E-state index in [4.69, 9.17) is 34.0 Å². The van der Waals surface area contributed by atoms with Gasteiger partial charge in [-0.15, -0.1) is 0 Å². The number of ether oxygens (including phenoxy) is 4. The number of carbonyl (C=O) groups is 3. The van der Waals surface area contributed by atoms with Gasteiger partial charge in [-0.1, -0.05) is 84.9 Å². The Balaban J connectivity index is 1.24. The Kier molecular flexibility index (Phi) is 10.2. The highest BCUT2D eigenvalue weighted by Gasteiger charge is 2.76. The minimum Gasteiger partial charge on any atom is -0.499 e. The number of esters is 1. The van der Waals surface area contributed by atoms with Crippen molar-refractivity contribution >= 4 is 23.9 Å². The minimum absolute atomic E-state index is 0.00710. The maximum absolute atomic E-state index is 14.5. The van der Waals surface area contributed by atoms with Crippen LogP contribution >= 0.6 is 0 Å². The summed E-state index contributed by atoms with van der Waals surface area (Å²) in [5.41, 5.74) is 1.65. The normalized spacial score (nSPS) is 27.5. The third kappa shape index (κ3) is 6.52. The van der Waals surface area contributed by atoms with Gasteiger partial charge in [0.2, 0.25) is 17.6 Å². The van der Waals surface area contributed by atoms with Crippen molar-refractivity contribution in [3.05, 3.63) is 113 Å². The van der Waals surface area contributed by atoms with E-state index in [0.717, 1.165) is 22.3 Å². The van der Waals surface area contributed by atoms with E-state index in [2.05, 4.69) is 10.6 Å². The van der Waals surface area contributed by atoms with Crippen molar-refractivity contribution in [2.24, 2.45) is 5.41 Å². The maximum atomic E-state index is 14.5. The molecular weight excluding hydrogens is 658 g/mol. The molecule has 6 unspecified atom stereocenters. The van der Waals surface area contributed by atoms with Crippen LogP contribution in [0.3, 0.4) is 0 Å². The molecule has 3 aliphatic heterocycles. The van der Waals surface area contributed by atoms with E-state index in [1.807, 2.05) is 84.9 Å². The standard InChI is InChI=1S/C38H41N3O10/c42-18-17-39-30(44)14-16-40-36(46)37-23-29-31-32(50-38(49-31,27-10-3-1-4-11-27)28-12-5-2-6-13-28)34(37)51-41(33(37)35(45)48-29)24-26-9-7-8-25(22-26)15-20-47-21-19-43/h1-13,15,20,22,29,31-34,42-43H,14,16-19,21,23-24H2,(H,39,44)(H,40,46). The van der Waals surface area contributed by atoms with E-state index in [1.54, 1.807) is 6.08 Å². The highest BCUT2D eigenvalue weighted by atomic mass is 16.8. The first-order valence-corrected chi connectivity index (χ1v) is 17.1. The molecule has 0 spiro atoms. The van der Waals surface area contributed by atoms with Gasteiger partial charge in [0, 0.05) is 37.1 Å². The summed E-state index contributed by atoms with van der Waals surface area (Å²) in [4.78, 5) is 47.6. The topological polar surface area (TPSA) is 165 Å². The van der Waals surface area contributed by atoms with Gasteiger partial charge in [0.15, 0.2) is 6.04 Å². The third-order valence-electron chi connectivity index (χ3n) is 9.81. The Labute approximate surface area is 295 Å². The molecule has 4 fully saturated rings. The molecule has 7 rings (SSSR count). The van der Waals surface area contributed by atoms with Gasteiger partial charge in [-0.2, -0.15) is 5.06 Å². The summed E-state index contributed by atoms with van der Waals surface area (Å²) in [6.45, 7) is 0.125. The lowest BCUT2D eigenvalue weighted by Gasteiger charge is -2.48. The smallest absolute Gasteiger partial charge is 0.327 e. The number of hydrogen-bond acceptors (Lipinski definition) is 11. The van der Waals surface area contributed by atoms with E-state index in [1.165, 1.54) is 11.3 Å². The van der Waals surface area contributed by atoms with Crippen LogP contribution in [0.15, 0.2) is 91.2 Å². The quantitative estimate of drug-likeness (QED) is 0.110. The molecule has 6 atom stereocenters. The Hall–Kier alpha value is -4.63. The van der Waals surface area contributed by atoms with E-state index < -0.39 is 53.5 Å². The zero-order valence-electron chi connectivity index (χ0n) is 27.9. The zero-order chi connectivity index (χ0) is 35.4. The number of benzene rings is 3. The summed E-state index contributed by atoms with van der Waals surface area (Å²) in [5.74, 6) is -2.77. The molecule has 13 nitrogen and oxygen atoms in total. The summed E-state index contributed by atoms with van der Waals surface area (Å²) < 4.78 is 25.3. The highest BCUT2D eigenvalue weighted by Crippen LogP contribution is 2.59. The highest BCUT2D eigenvalue weighted by molar-refractivity contribution is 5.94. The first kappa shape index (κ1) is 34.8. The molecule has 51 heavy (non-hydrogen) atoms. The Morgan fingerprint density at radius 3 is 2.33 bits per heavy atom. The molecule has 4 aliphatic rings. The number of carbonyl (C=O) groups excluding carboxylic acids is 3. The zero-order valence-corrected chi connectivity index (χ0v) is 27.9. The van der Waals surface area contributed by atoms with Crippen LogP contribution in [-0.4, -0.2) is 96.4 Å².